The highest BCUT2D eigenvalue weighted by molar-refractivity contribution is 5.78. The molecule has 0 N–H and O–H groups in total. The first kappa shape index (κ1) is 16.1. The van der Waals surface area contributed by atoms with E-state index in [0.29, 0.717) is 24.8 Å². The Morgan fingerprint density at radius 2 is 2.09 bits per heavy atom. The molecule has 3 rings (SSSR count). The van der Waals surface area contributed by atoms with E-state index in [4.69, 9.17) is 14.2 Å². The van der Waals surface area contributed by atoms with Gasteiger partial charge in [0, 0.05) is 31.6 Å². The van der Waals surface area contributed by atoms with Crippen molar-refractivity contribution in [1.82, 2.24) is 9.80 Å². The second kappa shape index (κ2) is 7.19. The number of methoxy groups -OCH3 is 1. The fraction of sp³-hybridized carbons (Fsp3) is 0.588. The van der Waals surface area contributed by atoms with Gasteiger partial charge in [0.2, 0.25) is 0 Å². The van der Waals surface area contributed by atoms with E-state index < -0.39 is 0 Å². The van der Waals surface area contributed by atoms with Crippen molar-refractivity contribution >= 4 is 5.91 Å². The van der Waals surface area contributed by atoms with E-state index in [1.807, 2.05) is 23.1 Å². The van der Waals surface area contributed by atoms with Gasteiger partial charge < -0.3 is 19.1 Å². The number of nitrogens with zero attached hydrogens (tertiary/aromatic N) is 2. The van der Waals surface area contributed by atoms with Crippen LogP contribution in [-0.4, -0.2) is 75.4 Å². The highest BCUT2D eigenvalue weighted by Gasteiger charge is 2.33. The van der Waals surface area contributed by atoms with Crippen LogP contribution in [0, 0.1) is 5.92 Å². The van der Waals surface area contributed by atoms with Crippen LogP contribution in [0.4, 0.5) is 0 Å². The molecule has 1 aromatic rings. The van der Waals surface area contributed by atoms with Crippen molar-refractivity contribution in [2.75, 3.05) is 53.6 Å². The number of hydrogen-bond acceptors (Lipinski definition) is 5. The highest BCUT2D eigenvalue weighted by Crippen LogP contribution is 2.20. The van der Waals surface area contributed by atoms with E-state index in [9.17, 15) is 4.79 Å². The lowest BCUT2D eigenvalue weighted by Gasteiger charge is -2.29. The quantitative estimate of drug-likeness (QED) is 0.824. The third kappa shape index (κ3) is 3.95. The molecule has 0 radical (unpaired) electrons. The largest absolute Gasteiger partial charge is 0.497 e. The minimum atomic E-state index is 0.0278. The Labute approximate surface area is 136 Å². The van der Waals surface area contributed by atoms with E-state index in [0.717, 1.165) is 25.4 Å². The van der Waals surface area contributed by atoms with Crippen LogP contribution in [0.3, 0.4) is 0 Å². The minimum Gasteiger partial charge on any atom is -0.497 e. The first-order chi connectivity index (χ1) is 11.2. The van der Waals surface area contributed by atoms with E-state index >= 15 is 0 Å². The Morgan fingerprint density at radius 1 is 1.26 bits per heavy atom. The fourth-order valence-corrected chi connectivity index (χ4v) is 3.18. The Hall–Kier alpha value is -1.79. The molecule has 2 saturated heterocycles. The number of likely N-dealkylation sites (N-methyl/N-ethyl adjacent to an activating group) is 1. The van der Waals surface area contributed by atoms with Crippen molar-refractivity contribution in [2.45, 2.75) is 6.04 Å². The third-order valence-corrected chi connectivity index (χ3v) is 4.50. The van der Waals surface area contributed by atoms with Gasteiger partial charge in [0.25, 0.3) is 5.91 Å². The van der Waals surface area contributed by atoms with Crippen molar-refractivity contribution in [3.63, 3.8) is 0 Å². The molecule has 6 heteroatoms. The number of carbonyl (C=O) groups excluding carboxylic acids is 1. The number of fused-ring (bicyclic) bond motifs is 3. The summed E-state index contributed by atoms with van der Waals surface area (Å²) >= 11 is 0. The van der Waals surface area contributed by atoms with Gasteiger partial charge in [-0.15, -0.1) is 0 Å². The maximum Gasteiger partial charge on any atom is 0.260 e. The Kier molecular flexibility index (Phi) is 5.03. The van der Waals surface area contributed by atoms with Crippen molar-refractivity contribution in [2.24, 2.45) is 5.92 Å². The summed E-state index contributed by atoms with van der Waals surface area (Å²) in [5.74, 6) is 1.76. The lowest BCUT2D eigenvalue weighted by Crippen LogP contribution is -2.46. The molecule has 0 unspecified atom stereocenters. The van der Waals surface area contributed by atoms with Crippen molar-refractivity contribution < 1.29 is 19.0 Å². The fourth-order valence-electron chi connectivity index (χ4n) is 3.18. The van der Waals surface area contributed by atoms with E-state index in [1.165, 1.54) is 0 Å². The van der Waals surface area contributed by atoms with Crippen LogP contribution in [-0.2, 0) is 9.53 Å². The smallest absolute Gasteiger partial charge is 0.260 e. The van der Waals surface area contributed by atoms with Gasteiger partial charge in [-0.25, -0.2) is 0 Å². The normalized spacial score (nSPS) is 24.9. The summed E-state index contributed by atoms with van der Waals surface area (Å²) in [6.45, 7) is 3.88. The summed E-state index contributed by atoms with van der Waals surface area (Å²) in [6, 6.07) is 7.57. The molecular formula is C17H24N2O4. The first-order valence-corrected chi connectivity index (χ1v) is 7.98. The zero-order valence-corrected chi connectivity index (χ0v) is 13.7. The first-order valence-electron chi connectivity index (χ1n) is 7.98. The van der Waals surface area contributed by atoms with Gasteiger partial charge in [-0.2, -0.15) is 0 Å². The summed E-state index contributed by atoms with van der Waals surface area (Å²) in [5.41, 5.74) is 0. The highest BCUT2D eigenvalue weighted by atomic mass is 16.5. The third-order valence-electron chi connectivity index (χ3n) is 4.50. The second-order valence-corrected chi connectivity index (χ2v) is 6.26. The molecule has 0 aliphatic carbocycles. The van der Waals surface area contributed by atoms with Crippen LogP contribution >= 0.6 is 0 Å². The summed E-state index contributed by atoms with van der Waals surface area (Å²) in [7, 11) is 3.71. The molecule has 2 atom stereocenters. The maximum absolute atomic E-state index is 12.5. The Morgan fingerprint density at radius 3 is 2.91 bits per heavy atom. The second-order valence-electron chi connectivity index (χ2n) is 6.26. The van der Waals surface area contributed by atoms with Crippen LogP contribution in [0.1, 0.15) is 0 Å². The SMILES string of the molecule is COc1cccc(OCC(=O)N2C[C@@H]3COC[C@H](C2)N(C)C3)c1. The van der Waals surface area contributed by atoms with E-state index in [-0.39, 0.29) is 18.6 Å². The molecule has 1 amide bonds. The van der Waals surface area contributed by atoms with Crippen LogP contribution < -0.4 is 9.47 Å². The zero-order valence-electron chi connectivity index (χ0n) is 13.7. The number of ether oxygens (including phenoxy) is 3. The molecule has 0 saturated carbocycles. The van der Waals surface area contributed by atoms with Crippen LogP contribution in [0.2, 0.25) is 0 Å². The minimum absolute atomic E-state index is 0.0278. The van der Waals surface area contributed by atoms with Gasteiger partial charge in [-0.1, -0.05) is 6.07 Å². The topological polar surface area (TPSA) is 51.2 Å². The lowest BCUT2D eigenvalue weighted by molar-refractivity contribution is -0.135. The predicted molar refractivity (Wildman–Crippen MR) is 85.8 cm³/mol. The number of hydrogen-bond donors (Lipinski definition) is 0. The van der Waals surface area contributed by atoms with Gasteiger partial charge in [-0.3, -0.25) is 9.69 Å². The number of amides is 1. The Balaban J connectivity index is 1.59. The van der Waals surface area contributed by atoms with Crippen molar-refractivity contribution in [1.29, 1.82) is 0 Å². The van der Waals surface area contributed by atoms with Gasteiger partial charge in [0.1, 0.15) is 11.5 Å². The molecule has 1 aromatic carbocycles. The van der Waals surface area contributed by atoms with Crippen molar-refractivity contribution in [3.8, 4) is 11.5 Å². The maximum atomic E-state index is 12.5. The molecule has 2 aliphatic rings. The average Bonchev–Trinajstić information content (AvgIpc) is 2.81. The number of rotatable bonds is 4. The van der Waals surface area contributed by atoms with E-state index in [1.54, 1.807) is 13.2 Å². The number of carbonyl (C=O) groups is 1. The molecule has 2 fully saturated rings. The average molecular weight is 320 g/mol. The summed E-state index contributed by atoms with van der Waals surface area (Å²) in [6.07, 6.45) is 0. The molecule has 0 aromatic heterocycles. The molecule has 0 spiro atoms. The van der Waals surface area contributed by atoms with Crippen molar-refractivity contribution in [3.05, 3.63) is 24.3 Å². The summed E-state index contributed by atoms with van der Waals surface area (Å²) in [4.78, 5) is 16.7. The standard InChI is InChI=1S/C17H24N2O4/c1-18-7-13-8-19(9-14(18)11-22-10-13)17(20)12-23-16-5-3-4-15(6-16)21-2/h3-6,13-14H,7-12H2,1-2H3/t13-,14+/m1/s1. The monoisotopic (exact) mass is 320 g/mol. The molecule has 2 aliphatic heterocycles. The lowest BCUT2D eigenvalue weighted by atomic mass is 10.1. The Bertz CT molecular complexity index is 551. The van der Waals surface area contributed by atoms with Gasteiger partial charge in [-0.05, 0) is 19.2 Å². The summed E-state index contributed by atoms with van der Waals surface area (Å²) in [5, 5.41) is 0. The van der Waals surface area contributed by atoms with E-state index in [2.05, 4.69) is 11.9 Å². The predicted octanol–water partition coefficient (Wildman–Crippen LogP) is 0.863. The molecule has 23 heavy (non-hydrogen) atoms. The molecular weight excluding hydrogens is 296 g/mol. The molecule has 2 heterocycles. The molecule has 2 bridgehead atoms. The zero-order chi connectivity index (χ0) is 16.2. The van der Waals surface area contributed by atoms with Gasteiger partial charge in [0.15, 0.2) is 6.61 Å². The molecule has 6 nitrogen and oxygen atoms in total. The van der Waals surface area contributed by atoms with Gasteiger partial charge >= 0.3 is 0 Å². The van der Waals surface area contributed by atoms with Gasteiger partial charge in [0.05, 0.1) is 26.4 Å². The van der Waals surface area contributed by atoms with Crippen LogP contribution in [0.5, 0.6) is 11.5 Å². The number of benzene rings is 1. The van der Waals surface area contributed by atoms with Crippen LogP contribution in [0.15, 0.2) is 24.3 Å². The van der Waals surface area contributed by atoms with Crippen LogP contribution in [0.25, 0.3) is 0 Å². The molecule has 126 valence electrons. The summed E-state index contributed by atoms with van der Waals surface area (Å²) < 4.78 is 16.5.